The van der Waals surface area contributed by atoms with Gasteiger partial charge in [0, 0.05) is 18.8 Å². The topological polar surface area (TPSA) is 31.2 Å². The third-order valence-corrected chi connectivity index (χ3v) is 4.17. The monoisotopic (exact) mass is 309 g/mol. The molecule has 0 fully saturated rings. The highest BCUT2D eigenvalue weighted by Gasteiger charge is 2.21. The summed E-state index contributed by atoms with van der Waals surface area (Å²) >= 11 is 3.42. The number of halogens is 1. The highest BCUT2D eigenvalue weighted by molar-refractivity contribution is 9.10. The maximum Gasteiger partial charge on any atom is 0.178 e. The molecule has 1 unspecified atom stereocenters. The maximum absolute atomic E-state index is 12.4. The summed E-state index contributed by atoms with van der Waals surface area (Å²) in [6, 6.07) is 5.80. The molecule has 0 saturated carbocycles. The van der Waals surface area contributed by atoms with Gasteiger partial charge in [0.2, 0.25) is 0 Å². The van der Waals surface area contributed by atoms with Crippen LogP contribution >= 0.6 is 15.9 Å². The average molecular weight is 310 g/mol. The SMILES string of the molecule is CCC(Br)C(=O)c1cn(C)c2cccc(OC)c12. The van der Waals surface area contributed by atoms with E-state index in [0.717, 1.165) is 23.1 Å². The van der Waals surface area contributed by atoms with Crippen molar-refractivity contribution in [3.05, 3.63) is 30.0 Å². The van der Waals surface area contributed by atoms with Crippen LogP contribution in [0.5, 0.6) is 5.75 Å². The van der Waals surface area contributed by atoms with Crippen molar-refractivity contribution in [3.63, 3.8) is 0 Å². The molecule has 1 aromatic carbocycles. The molecule has 1 heterocycles. The number of ketones is 1. The summed E-state index contributed by atoms with van der Waals surface area (Å²) in [5, 5.41) is 0.894. The van der Waals surface area contributed by atoms with Crippen molar-refractivity contribution in [2.45, 2.75) is 18.2 Å². The normalized spacial score (nSPS) is 12.7. The Balaban J connectivity index is 2.68. The zero-order chi connectivity index (χ0) is 13.3. The fourth-order valence-corrected chi connectivity index (χ4v) is 2.37. The van der Waals surface area contributed by atoms with Gasteiger partial charge >= 0.3 is 0 Å². The zero-order valence-electron chi connectivity index (χ0n) is 10.7. The lowest BCUT2D eigenvalue weighted by molar-refractivity contribution is 0.0991. The van der Waals surface area contributed by atoms with Crippen LogP contribution in [-0.2, 0) is 7.05 Å². The summed E-state index contributed by atoms with van der Waals surface area (Å²) in [6.45, 7) is 1.99. The number of ether oxygens (including phenoxy) is 1. The molecule has 2 rings (SSSR count). The van der Waals surface area contributed by atoms with Crippen molar-refractivity contribution in [2.24, 2.45) is 7.05 Å². The largest absolute Gasteiger partial charge is 0.496 e. The molecule has 0 bridgehead atoms. The third-order valence-electron chi connectivity index (χ3n) is 3.10. The van der Waals surface area contributed by atoms with E-state index in [1.165, 1.54) is 0 Å². The Labute approximate surface area is 115 Å². The number of hydrogen-bond donors (Lipinski definition) is 0. The maximum atomic E-state index is 12.4. The second-order valence-electron chi connectivity index (χ2n) is 4.25. The smallest absolute Gasteiger partial charge is 0.178 e. The number of fused-ring (bicyclic) bond motifs is 1. The van der Waals surface area contributed by atoms with Crippen LogP contribution in [0.1, 0.15) is 23.7 Å². The summed E-state index contributed by atoms with van der Waals surface area (Å²) < 4.78 is 7.32. The van der Waals surface area contributed by atoms with Gasteiger partial charge in [-0.25, -0.2) is 0 Å². The van der Waals surface area contributed by atoms with Crippen LogP contribution in [0.3, 0.4) is 0 Å². The van der Waals surface area contributed by atoms with Crippen molar-refractivity contribution in [2.75, 3.05) is 7.11 Å². The molecule has 1 atom stereocenters. The van der Waals surface area contributed by atoms with Gasteiger partial charge < -0.3 is 9.30 Å². The van der Waals surface area contributed by atoms with E-state index in [4.69, 9.17) is 4.74 Å². The Morgan fingerprint density at radius 1 is 1.50 bits per heavy atom. The number of carbonyl (C=O) groups is 1. The first-order valence-corrected chi connectivity index (χ1v) is 6.82. The summed E-state index contributed by atoms with van der Waals surface area (Å²) in [7, 11) is 3.56. The molecule has 0 aliphatic carbocycles. The number of aromatic nitrogens is 1. The first kappa shape index (κ1) is 13.1. The Kier molecular flexibility index (Phi) is 3.76. The van der Waals surface area contributed by atoms with Crippen LogP contribution in [0.4, 0.5) is 0 Å². The highest BCUT2D eigenvalue weighted by atomic mass is 79.9. The van der Waals surface area contributed by atoms with E-state index >= 15 is 0 Å². The quantitative estimate of drug-likeness (QED) is 0.639. The first-order chi connectivity index (χ1) is 8.60. The standard InChI is InChI=1S/C14H16BrNO2/c1-4-10(15)14(17)9-8-16(2)11-6-5-7-12(18-3)13(9)11/h5-8,10H,4H2,1-3H3. The van der Waals surface area contributed by atoms with Crippen LogP contribution in [0, 0.1) is 0 Å². The molecular weight excluding hydrogens is 294 g/mol. The number of Topliss-reactive ketones (excluding diaryl/α,β-unsaturated/α-hetero) is 1. The predicted molar refractivity (Wildman–Crippen MR) is 76.8 cm³/mol. The molecule has 4 heteroatoms. The number of hydrogen-bond acceptors (Lipinski definition) is 2. The zero-order valence-corrected chi connectivity index (χ0v) is 12.3. The van der Waals surface area contributed by atoms with Crippen molar-refractivity contribution in [1.29, 1.82) is 0 Å². The number of aryl methyl sites for hydroxylation is 1. The summed E-state index contributed by atoms with van der Waals surface area (Å²) in [5.41, 5.74) is 1.72. The Morgan fingerprint density at radius 3 is 2.83 bits per heavy atom. The summed E-state index contributed by atoms with van der Waals surface area (Å²) in [6.07, 6.45) is 2.64. The first-order valence-electron chi connectivity index (χ1n) is 5.90. The lowest BCUT2D eigenvalue weighted by Gasteiger charge is -2.07. The van der Waals surface area contributed by atoms with Gasteiger partial charge in [0.05, 0.1) is 22.8 Å². The number of alkyl halides is 1. The number of rotatable bonds is 4. The van der Waals surface area contributed by atoms with Crippen LogP contribution in [-0.4, -0.2) is 22.3 Å². The van der Waals surface area contributed by atoms with Gasteiger partial charge in [0.25, 0.3) is 0 Å². The Bertz CT molecular complexity index is 589. The molecule has 0 radical (unpaired) electrons. The van der Waals surface area contributed by atoms with E-state index in [9.17, 15) is 4.79 Å². The molecule has 0 spiro atoms. The minimum atomic E-state index is -0.145. The van der Waals surface area contributed by atoms with Gasteiger partial charge in [-0.1, -0.05) is 28.9 Å². The van der Waals surface area contributed by atoms with Crippen LogP contribution in [0.15, 0.2) is 24.4 Å². The fraction of sp³-hybridized carbons (Fsp3) is 0.357. The molecule has 0 aliphatic rings. The number of carbonyl (C=O) groups excluding carboxylic acids is 1. The van der Waals surface area contributed by atoms with Crippen molar-refractivity contribution >= 4 is 32.6 Å². The second-order valence-corrected chi connectivity index (χ2v) is 5.35. The van der Waals surface area contributed by atoms with Crippen molar-refractivity contribution in [1.82, 2.24) is 4.57 Å². The Morgan fingerprint density at radius 2 is 2.22 bits per heavy atom. The van der Waals surface area contributed by atoms with Gasteiger partial charge in [-0.15, -0.1) is 0 Å². The summed E-state index contributed by atoms with van der Waals surface area (Å²) in [5.74, 6) is 0.847. The highest BCUT2D eigenvalue weighted by Crippen LogP contribution is 2.31. The molecule has 0 saturated heterocycles. The van der Waals surface area contributed by atoms with Gasteiger partial charge in [-0.05, 0) is 18.6 Å². The fourth-order valence-electron chi connectivity index (χ4n) is 2.12. The van der Waals surface area contributed by atoms with Crippen LogP contribution in [0.25, 0.3) is 10.9 Å². The van der Waals surface area contributed by atoms with E-state index in [2.05, 4.69) is 15.9 Å². The van der Waals surface area contributed by atoms with E-state index in [1.807, 2.05) is 42.9 Å². The lowest BCUT2D eigenvalue weighted by atomic mass is 10.1. The average Bonchev–Trinajstić information content (AvgIpc) is 2.74. The molecule has 3 nitrogen and oxygen atoms in total. The van der Waals surface area contributed by atoms with Gasteiger partial charge in [-0.2, -0.15) is 0 Å². The minimum Gasteiger partial charge on any atom is -0.496 e. The van der Waals surface area contributed by atoms with Gasteiger partial charge in [0.15, 0.2) is 5.78 Å². The molecule has 1 aromatic heterocycles. The molecule has 0 aliphatic heterocycles. The van der Waals surface area contributed by atoms with Crippen LogP contribution in [0.2, 0.25) is 0 Å². The van der Waals surface area contributed by atoms with E-state index in [0.29, 0.717) is 5.56 Å². The van der Waals surface area contributed by atoms with Crippen LogP contribution < -0.4 is 4.74 Å². The van der Waals surface area contributed by atoms with E-state index in [1.54, 1.807) is 7.11 Å². The summed E-state index contributed by atoms with van der Waals surface area (Å²) in [4.78, 5) is 12.2. The molecule has 0 N–H and O–H groups in total. The third kappa shape index (κ3) is 2.05. The van der Waals surface area contributed by atoms with Crippen molar-refractivity contribution in [3.8, 4) is 5.75 Å². The van der Waals surface area contributed by atoms with Crippen molar-refractivity contribution < 1.29 is 9.53 Å². The van der Waals surface area contributed by atoms with Gasteiger partial charge in [-0.3, -0.25) is 4.79 Å². The van der Waals surface area contributed by atoms with E-state index < -0.39 is 0 Å². The number of methoxy groups -OCH3 is 1. The molecular formula is C14H16BrNO2. The molecule has 2 aromatic rings. The number of nitrogens with zero attached hydrogens (tertiary/aromatic N) is 1. The minimum absolute atomic E-state index is 0.104. The lowest BCUT2D eigenvalue weighted by Crippen LogP contribution is -2.12. The molecule has 0 amide bonds. The second kappa shape index (κ2) is 5.14. The molecule has 18 heavy (non-hydrogen) atoms. The van der Waals surface area contributed by atoms with Gasteiger partial charge in [0.1, 0.15) is 5.75 Å². The van der Waals surface area contributed by atoms with E-state index in [-0.39, 0.29) is 10.6 Å². The molecule has 96 valence electrons. The predicted octanol–water partition coefficient (Wildman–Crippen LogP) is 3.54. The Hall–Kier alpha value is -1.29. The number of benzene rings is 1.